The van der Waals surface area contributed by atoms with Crippen LogP contribution in [0.2, 0.25) is 0 Å². The van der Waals surface area contributed by atoms with Crippen molar-refractivity contribution in [1.82, 2.24) is 9.55 Å². The van der Waals surface area contributed by atoms with E-state index < -0.39 is 16.5 Å². The first-order valence-corrected chi connectivity index (χ1v) is 6.15. The van der Waals surface area contributed by atoms with Crippen LogP contribution < -0.4 is 11.4 Å². The molecule has 2 rings (SSSR count). The van der Waals surface area contributed by atoms with Crippen LogP contribution in [0.5, 0.6) is 0 Å². The van der Waals surface area contributed by atoms with Gasteiger partial charge in [-0.1, -0.05) is 0 Å². The topological polar surface area (TPSA) is 101 Å². The fraction of sp³-hybridized carbons (Fsp3) is 0.600. The third kappa shape index (κ3) is 2.18. The molecular formula is C10H15N3O3S. The van der Waals surface area contributed by atoms with Crippen molar-refractivity contribution in [2.45, 2.75) is 29.6 Å². The van der Waals surface area contributed by atoms with E-state index in [1.807, 2.05) is 0 Å². The van der Waals surface area contributed by atoms with Crippen LogP contribution in [-0.2, 0) is 0 Å². The molecule has 0 spiro atoms. The number of aliphatic hydroxyl groups is 2. The summed E-state index contributed by atoms with van der Waals surface area (Å²) in [4.78, 5) is 15.3. The zero-order valence-corrected chi connectivity index (χ0v) is 10.2. The molecule has 6 nitrogen and oxygen atoms in total. The summed E-state index contributed by atoms with van der Waals surface area (Å²) in [6, 6.07) is 1.54. The molecule has 4 N–H and O–H groups in total. The van der Waals surface area contributed by atoms with Crippen LogP contribution in [0.25, 0.3) is 0 Å². The Morgan fingerprint density at radius 1 is 1.76 bits per heavy atom. The molecule has 1 aromatic rings. The average molecular weight is 257 g/mol. The summed E-state index contributed by atoms with van der Waals surface area (Å²) < 4.78 is 0.802. The minimum Gasteiger partial charge on any atom is -0.395 e. The molecule has 7 heteroatoms. The van der Waals surface area contributed by atoms with Crippen molar-refractivity contribution in [2.75, 3.05) is 12.3 Å². The molecule has 0 saturated carbocycles. The number of rotatable bonds is 2. The SMILES string of the molecule is C[C@]1(CO)S[C@@H](n2ccc(N)nc2=O)C[C@@H]1O. The lowest BCUT2D eigenvalue weighted by molar-refractivity contribution is 0.0980. The van der Waals surface area contributed by atoms with Crippen LogP contribution in [0.1, 0.15) is 18.7 Å². The van der Waals surface area contributed by atoms with Gasteiger partial charge in [-0.15, -0.1) is 11.8 Å². The van der Waals surface area contributed by atoms with Crippen molar-refractivity contribution in [3.8, 4) is 0 Å². The molecule has 1 aromatic heterocycles. The van der Waals surface area contributed by atoms with Crippen LogP contribution in [0.4, 0.5) is 5.82 Å². The third-order valence-electron chi connectivity index (χ3n) is 3.01. The standard InChI is InChI=1S/C10H15N3O3S/c1-10(5-14)6(15)4-8(17-10)13-3-2-7(11)12-9(13)16/h2-3,6,8,14-15H,4-5H2,1H3,(H2,11,12,16)/t6-,8+,10+/m0/s1. The van der Waals surface area contributed by atoms with Gasteiger partial charge in [-0.05, 0) is 13.0 Å². The Morgan fingerprint density at radius 2 is 2.47 bits per heavy atom. The van der Waals surface area contributed by atoms with Gasteiger partial charge in [-0.25, -0.2) is 4.79 Å². The summed E-state index contributed by atoms with van der Waals surface area (Å²) in [5.74, 6) is 0.180. The van der Waals surface area contributed by atoms with Gasteiger partial charge >= 0.3 is 5.69 Å². The molecule has 0 unspecified atom stereocenters. The number of thioether (sulfide) groups is 1. The first-order chi connectivity index (χ1) is 7.96. The Balaban J connectivity index is 2.29. The molecule has 1 aliphatic rings. The monoisotopic (exact) mass is 257 g/mol. The number of hydrogen-bond donors (Lipinski definition) is 3. The van der Waals surface area contributed by atoms with Gasteiger partial charge in [0.15, 0.2) is 0 Å². The largest absolute Gasteiger partial charge is 0.395 e. The van der Waals surface area contributed by atoms with Gasteiger partial charge in [0.05, 0.1) is 22.8 Å². The molecule has 1 fully saturated rings. The maximum Gasteiger partial charge on any atom is 0.350 e. The van der Waals surface area contributed by atoms with Crippen LogP contribution in [0.15, 0.2) is 17.1 Å². The van der Waals surface area contributed by atoms with Gasteiger partial charge in [0.25, 0.3) is 0 Å². The Kier molecular flexibility index (Phi) is 3.15. The number of nitrogens with zero attached hydrogens (tertiary/aromatic N) is 2. The van der Waals surface area contributed by atoms with Gasteiger partial charge in [0, 0.05) is 12.6 Å². The molecule has 1 aliphatic heterocycles. The predicted molar refractivity (Wildman–Crippen MR) is 65.7 cm³/mol. The van der Waals surface area contributed by atoms with Crippen molar-refractivity contribution in [2.24, 2.45) is 0 Å². The molecule has 0 bridgehead atoms. The molecule has 1 saturated heterocycles. The molecule has 0 amide bonds. The summed E-state index contributed by atoms with van der Waals surface area (Å²) in [5, 5.41) is 18.9. The minimum absolute atomic E-state index is 0.132. The number of aromatic nitrogens is 2. The number of hydrogen-bond acceptors (Lipinski definition) is 6. The number of anilines is 1. The zero-order chi connectivity index (χ0) is 12.6. The fourth-order valence-electron chi connectivity index (χ4n) is 1.84. The molecule has 0 aromatic carbocycles. The average Bonchev–Trinajstić information content (AvgIpc) is 2.56. The molecule has 0 radical (unpaired) electrons. The quantitative estimate of drug-likeness (QED) is 0.664. The molecule has 94 valence electrons. The van der Waals surface area contributed by atoms with Crippen LogP contribution in [0.3, 0.4) is 0 Å². The highest BCUT2D eigenvalue weighted by Crippen LogP contribution is 2.48. The van der Waals surface area contributed by atoms with Crippen molar-refractivity contribution in [3.05, 3.63) is 22.7 Å². The second-order valence-corrected chi connectivity index (χ2v) is 6.05. The molecule has 3 atom stereocenters. The molecule has 2 heterocycles. The summed E-state index contributed by atoms with van der Waals surface area (Å²) in [7, 11) is 0. The van der Waals surface area contributed by atoms with Crippen molar-refractivity contribution in [1.29, 1.82) is 0 Å². The Bertz CT molecular complexity index is 478. The number of nitrogen functional groups attached to an aromatic ring is 1. The van der Waals surface area contributed by atoms with Gasteiger partial charge in [-0.3, -0.25) is 4.57 Å². The van der Waals surface area contributed by atoms with Crippen LogP contribution >= 0.6 is 11.8 Å². The van der Waals surface area contributed by atoms with E-state index in [0.29, 0.717) is 6.42 Å². The van der Waals surface area contributed by atoms with Gasteiger partial charge in [0.1, 0.15) is 5.82 Å². The van der Waals surface area contributed by atoms with Crippen molar-refractivity contribution < 1.29 is 10.2 Å². The van der Waals surface area contributed by atoms with Gasteiger partial charge < -0.3 is 15.9 Å². The first kappa shape index (κ1) is 12.4. The predicted octanol–water partition coefficient (Wildman–Crippen LogP) is -0.427. The van der Waals surface area contributed by atoms with E-state index in [1.54, 1.807) is 19.2 Å². The summed E-state index contributed by atoms with van der Waals surface area (Å²) in [5.41, 5.74) is 4.98. The maximum absolute atomic E-state index is 11.6. The highest BCUT2D eigenvalue weighted by molar-refractivity contribution is 8.01. The van der Waals surface area contributed by atoms with E-state index in [2.05, 4.69) is 4.98 Å². The lowest BCUT2D eigenvalue weighted by Crippen LogP contribution is -2.34. The lowest BCUT2D eigenvalue weighted by atomic mass is 10.0. The summed E-state index contributed by atoms with van der Waals surface area (Å²) in [6.07, 6.45) is 1.33. The Labute approximate surface area is 102 Å². The number of nitrogens with two attached hydrogens (primary N) is 1. The van der Waals surface area contributed by atoms with E-state index in [1.165, 1.54) is 16.3 Å². The van der Waals surface area contributed by atoms with E-state index in [4.69, 9.17) is 5.73 Å². The lowest BCUT2D eigenvalue weighted by Gasteiger charge is -2.23. The van der Waals surface area contributed by atoms with Crippen LogP contribution in [0, 0.1) is 0 Å². The second kappa shape index (κ2) is 4.32. The normalized spacial score (nSPS) is 32.9. The fourth-order valence-corrected chi connectivity index (χ4v) is 3.34. The van der Waals surface area contributed by atoms with E-state index in [9.17, 15) is 15.0 Å². The van der Waals surface area contributed by atoms with Crippen molar-refractivity contribution >= 4 is 17.6 Å². The summed E-state index contributed by atoms with van der Waals surface area (Å²) in [6.45, 7) is 1.64. The highest BCUT2D eigenvalue weighted by Gasteiger charge is 2.44. The number of aliphatic hydroxyl groups excluding tert-OH is 2. The molecule has 0 aliphatic carbocycles. The molecular weight excluding hydrogens is 242 g/mol. The zero-order valence-electron chi connectivity index (χ0n) is 9.41. The van der Waals surface area contributed by atoms with Gasteiger partial charge in [0.2, 0.25) is 0 Å². The van der Waals surface area contributed by atoms with Gasteiger partial charge in [-0.2, -0.15) is 4.98 Å². The Morgan fingerprint density at radius 3 is 3.00 bits per heavy atom. The van der Waals surface area contributed by atoms with Crippen LogP contribution in [-0.4, -0.2) is 37.2 Å². The third-order valence-corrected chi connectivity index (χ3v) is 4.64. The van der Waals surface area contributed by atoms with E-state index in [-0.39, 0.29) is 17.8 Å². The van der Waals surface area contributed by atoms with E-state index in [0.717, 1.165) is 0 Å². The Hall–Kier alpha value is -1.05. The summed E-state index contributed by atoms with van der Waals surface area (Å²) >= 11 is 1.38. The smallest absolute Gasteiger partial charge is 0.350 e. The van der Waals surface area contributed by atoms with E-state index >= 15 is 0 Å². The van der Waals surface area contributed by atoms with Crippen molar-refractivity contribution in [3.63, 3.8) is 0 Å². The first-order valence-electron chi connectivity index (χ1n) is 5.28. The highest BCUT2D eigenvalue weighted by atomic mass is 32.2. The maximum atomic E-state index is 11.6. The second-order valence-electron chi connectivity index (χ2n) is 4.34. The minimum atomic E-state index is -0.646. The molecule has 17 heavy (non-hydrogen) atoms.